The number of hydrogen-bond acceptors (Lipinski definition) is 1. The summed E-state index contributed by atoms with van der Waals surface area (Å²) in [6.45, 7) is 13.3. The minimum Gasteiger partial charge on any atom is -0.316 e. The van der Waals surface area contributed by atoms with Gasteiger partial charge in [-0.25, -0.2) is 0 Å². The molecule has 0 atom stereocenters. The molecule has 0 saturated carbocycles. The highest BCUT2D eigenvalue weighted by atomic mass is 14.8. The van der Waals surface area contributed by atoms with Crippen molar-refractivity contribution in [3.05, 3.63) is 46.5 Å². The number of hydrogen-bond donors (Lipinski definition) is 1. The van der Waals surface area contributed by atoms with Gasteiger partial charge < -0.3 is 5.32 Å². The van der Waals surface area contributed by atoms with Crippen molar-refractivity contribution >= 4 is 0 Å². The molecule has 1 aromatic carbocycles. The summed E-state index contributed by atoms with van der Waals surface area (Å²) in [5, 5.41) is 3.48. The third-order valence-electron chi connectivity index (χ3n) is 3.34. The van der Waals surface area contributed by atoms with Crippen molar-refractivity contribution in [1.82, 2.24) is 5.32 Å². The van der Waals surface area contributed by atoms with Gasteiger partial charge in [-0.05, 0) is 63.7 Å². The number of nitrogens with one attached hydrogen (secondary N) is 1. The van der Waals surface area contributed by atoms with Crippen LogP contribution in [0, 0.1) is 19.8 Å². The summed E-state index contributed by atoms with van der Waals surface area (Å²) in [7, 11) is 0. The van der Waals surface area contributed by atoms with Crippen molar-refractivity contribution in [1.29, 1.82) is 0 Å². The number of benzene rings is 1. The predicted molar refractivity (Wildman–Crippen MR) is 85.7 cm³/mol. The summed E-state index contributed by atoms with van der Waals surface area (Å²) < 4.78 is 0. The van der Waals surface area contributed by atoms with Crippen LogP contribution in [-0.4, -0.2) is 13.1 Å². The number of rotatable bonds is 7. The molecule has 0 saturated heterocycles. The highest BCUT2D eigenvalue weighted by molar-refractivity contribution is 5.33. The maximum Gasteiger partial charge on any atom is -0.00141 e. The molecule has 0 aliphatic carbocycles. The van der Waals surface area contributed by atoms with Gasteiger partial charge in [-0.15, -0.1) is 0 Å². The van der Waals surface area contributed by atoms with E-state index in [0.29, 0.717) is 0 Å². The van der Waals surface area contributed by atoms with Crippen LogP contribution in [0.3, 0.4) is 0 Å². The van der Waals surface area contributed by atoms with E-state index < -0.39 is 0 Å². The smallest absolute Gasteiger partial charge is 0.00141 e. The molecule has 1 nitrogen and oxygen atoms in total. The summed E-state index contributed by atoms with van der Waals surface area (Å²) >= 11 is 0. The molecular weight excluding hydrogens is 230 g/mol. The zero-order chi connectivity index (χ0) is 14.3. The normalized spacial score (nSPS) is 12.2. The maximum atomic E-state index is 3.48. The lowest BCUT2D eigenvalue weighted by atomic mass is 9.99. The second kappa shape index (κ2) is 8.16. The molecule has 0 bridgehead atoms. The monoisotopic (exact) mass is 259 g/mol. The van der Waals surface area contributed by atoms with Gasteiger partial charge >= 0.3 is 0 Å². The average molecular weight is 259 g/mol. The molecule has 0 spiro atoms. The quantitative estimate of drug-likeness (QED) is 0.564. The first kappa shape index (κ1) is 16.0. The Morgan fingerprint density at radius 2 is 2.00 bits per heavy atom. The molecule has 0 unspecified atom stereocenters. The first-order valence-electron chi connectivity index (χ1n) is 7.41. The van der Waals surface area contributed by atoms with Gasteiger partial charge in [-0.1, -0.05) is 49.3 Å². The minimum atomic E-state index is 0.736. The van der Waals surface area contributed by atoms with Crippen molar-refractivity contribution in [2.24, 2.45) is 5.92 Å². The first-order chi connectivity index (χ1) is 8.99. The van der Waals surface area contributed by atoms with E-state index in [1.807, 2.05) is 0 Å². The molecule has 0 fully saturated rings. The van der Waals surface area contributed by atoms with Crippen LogP contribution in [-0.2, 0) is 6.42 Å². The second-order valence-electron chi connectivity index (χ2n) is 6.04. The topological polar surface area (TPSA) is 12.0 Å². The highest BCUT2D eigenvalue weighted by Gasteiger charge is 2.00. The lowest BCUT2D eigenvalue weighted by molar-refractivity contribution is 0.556. The minimum absolute atomic E-state index is 0.736. The van der Waals surface area contributed by atoms with Gasteiger partial charge in [-0.2, -0.15) is 0 Å². The van der Waals surface area contributed by atoms with E-state index in [4.69, 9.17) is 0 Å². The van der Waals surface area contributed by atoms with Crippen LogP contribution in [0.15, 0.2) is 29.8 Å². The Hall–Kier alpha value is -1.08. The summed E-state index contributed by atoms with van der Waals surface area (Å²) in [6.07, 6.45) is 4.58. The summed E-state index contributed by atoms with van der Waals surface area (Å²) in [5.74, 6) is 0.736. The molecular formula is C18H29N. The first-order valence-corrected chi connectivity index (χ1v) is 7.41. The Bertz CT molecular complexity index is 416. The predicted octanol–water partition coefficient (Wildman–Crippen LogP) is 4.43. The molecule has 0 aliphatic heterocycles. The maximum absolute atomic E-state index is 3.48. The van der Waals surface area contributed by atoms with Gasteiger partial charge in [0.1, 0.15) is 0 Å². The van der Waals surface area contributed by atoms with E-state index in [0.717, 1.165) is 31.8 Å². The van der Waals surface area contributed by atoms with E-state index in [1.165, 1.54) is 22.3 Å². The fraction of sp³-hybridized carbons (Fsp3) is 0.556. The van der Waals surface area contributed by atoms with Crippen LogP contribution >= 0.6 is 0 Å². The van der Waals surface area contributed by atoms with Gasteiger partial charge in [-0.3, -0.25) is 0 Å². The number of aryl methyl sites for hydroxylation is 2. The Balaban J connectivity index is 2.41. The molecule has 1 rings (SSSR count). The molecule has 1 N–H and O–H groups in total. The van der Waals surface area contributed by atoms with E-state index in [9.17, 15) is 0 Å². The van der Waals surface area contributed by atoms with Crippen LogP contribution in [0.5, 0.6) is 0 Å². The third kappa shape index (κ3) is 6.58. The van der Waals surface area contributed by atoms with Crippen LogP contribution in [0.4, 0.5) is 0 Å². The summed E-state index contributed by atoms with van der Waals surface area (Å²) in [4.78, 5) is 0. The fourth-order valence-corrected chi connectivity index (χ4v) is 2.17. The highest BCUT2D eigenvalue weighted by Crippen LogP contribution is 2.15. The summed E-state index contributed by atoms with van der Waals surface area (Å²) in [6, 6.07) is 6.72. The average Bonchev–Trinajstić information content (AvgIpc) is 2.33. The summed E-state index contributed by atoms with van der Waals surface area (Å²) in [5.41, 5.74) is 5.69. The van der Waals surface area contributed by atoms with Crippen LogP contribution in [0.25, 0.3) is 0 Å². The van der Waals surface area contributed by atoms with E-state index in [2.05, 4.69) is 64.2 Å². The van der Waals surface area contributed by atoms with Crippen molar-refractivity contribution in [3.63, 3.8) is 0 Å². The zero-order valence-corrected chi connectivity index (χ0v) is 13.2. The van der Waals surface area contributed by atoms with Gasteiger partial charge in [0, 0.05) is 0 Å². The van der Waals surface area contributed by atoms with Crippen LogP contribution in [0.2, 0.25) is 0 Å². The van der Waals surface area contributed by atoms with Crippen molar-refractivity contribution < 1.29 is 0 Å². The standard InChI is InChI=1S/C18H29N/c1-14(2)13-19-10-6-7-15(3)11-18-12-16(4)8-9-17(18)5/h7-9,12,14,19H,6,10-11,13H2,1-5H3. The van der Waals surface area contributed by atoms with Crippen LogP contribution < -0.4 is 5.32 Å². The lowest BCUT2D eigenvalue weighted by Crippen LogP contribution is -2.20. The van der Waals surface area contributed by atoms with Crippen molar-refractivity contribution in [2.45, 2.75) is 47.5 Å². The molecule has 0 amide bonds. The van der Waals surface area contributed by atoms with Gasteiger partial charge in [0.2, 0.25) is 0 Å². The lowest BCUT2D eigenvalue weighted by Gasteiger charge is -2.08. The molecule has 19 heavy (non-hydrogen) atoms. The molecule has 0 heterocycles. The second-order valence-corrected chi connectivity index (χ2v) is 6.04. The zero-order valence-electron chi connectivity index (χ0n) is 13.2. The van der Waals surface area contributed by atoms with E-state index >= 15 is 0 Å². The SMILES string of the molecule is CC(=CCCNCC(C)C)Cc1cc(C)ccc1C. The molecule has 0 aromatic heterocycles. The Morgan fingerprint density at radius 1 is 1.26 bits per heavy atom. The molecule has 1 aromatic rings. The Labute approximate surface area is 119 Å². The molecule has 106 valence electrons. The van der Waals surface area contributed by atoms with Crippen molar-refractivity contribution in [2.75, 3.05) is 13.1 Å². The fourth-order valence-electron chi connectivity index (χ4n) is 2.17. The third-order valence-corrected chi connectivity index (χ3v) is 3.34. The Morgan fingerprint density at radius 3 is 2.68 bits per heavy atom. The van der Waals surface area contributed by atoms with Crippen molar-refractivity contribution in [3.8, 4) is 0 Å². The van der Waals surface area contributed by atoms with E-state index in [1.54, 1.807) is 0 Å². The van der Waals surface area contributed by atoms with Gasteiger partial charge in [0.15, 0.2) is 0 Å². The molecule has 0 aliphatic rings. The van der Waals surface area contributed by atoms with E-state index in [-0.39, 0.29) is 0 Å². The molecule has 1 heteroatoms. The number of allylic oxidation sites excluding steroid dienone is 1. The van der Waals surface area contributed by atoms with Gasteiger partial charge in [0.05, 0.1) is 0 Å². The molecule has 0 radical (unpaired) electrons. The Kier molecular flexibility index (Phi) is 6.86. The van der Waals surface area contributed by atoms with Crippen LogP contribution in [0.1, 0.15) is 43.9 Å². The largest absolute Gasteiger partial charge is 0.316 e. The van der Waals surface area contributed by atoms with Gasteiger partial charge in [0.25, 0.3) is 0 Å².